The van der Waals surface area contributed by atoms with Crippen LogP contribution >= 0.6 is 23.2 Å². The summed E-state index contributed by atoms with van der Waals surface area (Å²) in [6.45, 7) is 2.29. The predicted molar refractivity (Wildman–Crippen MR) is 131 cm³/mol. The lowest BCUT2D eigenvalue weighted by Gasteiger charge is -2.14. The van der Waals surface area contributed by atoms with Gasteiger partial charge in [-0.25, -0.2) is 4.68 Å². The summed E-state index contributed by atoms with van der Waals surface area (Å²) in [6, 6.07) is 12.3. The van der Waals surface area contributed by atoms with E-state index in [4.69, 9.17) is 27.9 Å². The van der Waals surface area contributed by atoms with Crippen molar-refractivity contribution in [1.82, 2.24) is 14.7 Å². The Balaban J connectivity index is 1.77. The number of rotatable bonds is 7. The fraction of sp³-hybridized carbons (Fsp3) is 0.208. The normalized spacial score (nSPS) is 11.0. The Bertz CT molecular complexity index is 1200. The van der Waals surface area contributed by atoms with Crippen LogP contribution in [0.1, 0.15) is 27.2 Å². The van der Waals surface area contributed by atoms with Gasteiger partial charge in [0.05, 0.1) is 25.0 Å². The summed E-state index contributed by atoms with van der Waals surface area (Å²) in [5, 5.41) is 8.30. The van der Waals surface area contributed by atoms with E-state index in [-0.39, 0.29) is 5.91 Å². The molecule has 0 saturated carbocycles. The van der Waals surface area contributed by atoms with Crippen molar-refractivity contribution in [2.24, 2.45) is 0 Å². The van der Waals surface area contributed by atoms with Gasteiger partial charge in [-0.3, -0.25) is 9.59 Å². The summed E-state index contributed by atoms with van der Waals surface area (Å²) in [5.74, 6) is -0.139. The van der Waals surface area contributed by atoms with Gasteiger partial charge in [-0.1, -0.05) is 35.3 Å². The maximum Gasteiger partial charge on any atom is 0.253 e. The molecule has 1 N–H and O–H groups in total. The van der Waals surface area contributed by atoms with Gasteiger partial charge in [0, 0.05) is 36.3 Å². The summed E-state index contributed by atoms with van der Waals surface area (Å²) in [7, 11) is 4.81. The van der Waals surface area contributed by atoms with Crippen LogP contribution in [-0.4, -0.2) is 47.7 Å². The number of benzene rings is 2. The molecule has 0 aliphatic heterocycles. The van der Waals surface area contributed by atoms with Crippen molar-refractivity contribution in [3.05, 3.63) is 81.1 Å². The average Bonchev–Trinajstić information content (AvgIpc) is 3.05. The van der Waals surface area contributed by atoms with Crippen LogP contribution in [0.2, 0.25) is 10.2 Å². The number of halogens is 2. The monoisotopic (exact) mass is 486 g/mol. The maximum atomic E-state index is 12.6. The Morgan fingerprint density at radius 1 is 1.15 bits per heavy atom. The molecule has 9 heteroatoms. The second kappa shape index (κ2) is 10.6. The highest BCUT2D eigenvalue weighted by molar-refractivity contribution is 6.31. The fourth-order valence-electron chi connectivity index (χ4n) is 3.15. The van der Waals surface area contributed by atoms with Crippen molar-refractivity contribution in [1.29, 1.82) is 0 Å². The first kappa shape index (κ1) is 24.4. The second-order valence-electron chi connectivity index (χ2n) is 7.51. The molecule has 0 bridgehead atoms. The van der Waals surface area contributed by atoms with E-state index >= 15 is 0 Å². The minimum absolute atomic E-state index is 0.181. The molecule has 0 aliphatic carbocycles. The number of carbonyl (C=O) groups excluding carboxylic acids is 2. The predicted octanol–water partition coefficient (Wildman–Crippen LogP) is 4.91. The largest absolute Gasteiger partial charge is 0.495 e. The Kier molecular flexibility index (Phi) is 7.79. The highest BCUT2D eigenvalue weighted by Gasteiger charge is 2.14. The third kappa shape index (κ3) is 5.94. The first-order valence-electron chi connectivity index (χ1n) is 10.1. The standard InChI is InChI=1S/C24H24Cl2N4O3/c1-15-19(23(26)30(28-15)14-16-5-8-18(25)9-6-16)10-12-22(31)27-20-13-17(24(32)29(2)3)7-11-21(20)33-4/h5-13H,14H2,1-4H3,(H,27,31). The number of nitrogens with zero attached hydrogens (tertiary/aromatic N) is 3. The van der Waals surface area contributed by atoms with Gasteiger partial charge in [-0.15, -0.1) is 0 Å². The minimum atomic E-state index is -0.399. The van der Waals surface area contributed by atoms with E-state index in [1.165, 1.54) is 18.1 Å². The topological polar surface area (TPSA) is 76.5 Å². The molecular formula is C24H24Cl2N4O3. The molecular weight excluding hydrogens is 463 g/mol. The lowest BCUT2D eigenvalue weighted by Crippen LogP contribution is -2.22. The smallest absolute Gasteiger partial charge is 0.253 e. The Morgan fingerprint density at radius 3 is 2.48 bits per heavy atom. The first-order valence-corrected chi connectivity index (χ1v) is 10.8. The molecule has 0 atom stereocenters. The summed E-state index contributed by atoms with van der Waals surface area (Å²) < 4.78 is 6.97. The molecule has 3 aromatic rings. The molecule has 0 spiro atoms. The third-order valence-corrected chi connectivity index (χ3v) is 5.52. The second-order valence-corrected chi connectivity index (χ2v) is 8.31. The number of aryl methyl sites for hydroxylation is 1. The van der Waals surface area contributed by atoms with Crippen LogP contribution in [0.3, 0.4) is 0 Å². The Labute approximate surface area is 202 Å². The summed E-state index contributed by atoms with van der Waals surface area (Å²) >= 11 is 12.5. The minimum Gasteiger partial charge on any atom is -0.495 e. The van der Waals surface area contributed by atoms with Crippen LogP contribution in [0.5, 0.6) is 5.75 Å². The lowest BCUT2D eigenvalue weighted by atomic mass is 10.1. The van der Waals surface area contributed by atoms with Gasteiger partial charge >= 0.3 is 0 Å². The van der Waals surface area contributed by atoms with Crippen LogP contribution < -0.4 is 10.1 Å². The number of aromatic nitrogens is 2. The zero-order valence-corrected chi connectivity index (χ0v) is 20.2. The number of carbonyl (C=O) groups is 2. The third-order valence-electron chi connectivity index (χ3n) is 4.87. The fourth-order valence-corrected chi connectivity index (χ4v) is 3.58. The van der Waals surface area contributed by atoms with Crippen LogP contribution in [0.4, 0.5) is 5.69 Å². The average molecular weight is 487 g/mol. The van der Waals surface area contributed by atoms with E-state index in [0.717, 1.165) is 5.56 Å². The van der Waals surface area contributed by atoms with E-state index in [1.807, 2.05) is 31.2 Å². The molecule has 2 aromatic carbocycles. The van der Waals surface area contributed by atoms with Gasteiger partial charge in [0.25, 0.3) is 5.91 Å². The van der Waals surface area contributed by atoms with E-state index < -0.39 is 5.91 Å². The zero-order valence-electron chi connectivity index (χ0n) is 18.7. The SMILES string of the molecule is COc1ccc(C(=O)N(C)C)cc1NC(=O)C=Cc1c(C)nn(Cc2ccc(Cl)cc2)c1Cl. The molecule has 2 amide bonds. The van der Waals surface area contributed by atoms with Crippen molar-refractivity contribution in [2.45, 2.75) is 13.5 Å². The molecule has 7 nitrogen and oxygen atoms in total. The molecule has 0 aliphatic rings. The van der Waals surface area contributed by atoms with Crippen LogP contribution in [-0.2, 0) is 11.3 Å². The number of ether oxygens (including phenoxy) is 1. The number of hydrogen-bond acceptors (Lipinski definition) is 4. The number of methoxy groups -OCH3 is 1. The van der Waals surface area contributed by atoms with Crippen molar-refractivity contribution < 1.29 is 14.3 Å². The van der Waals surface area contributed by atoms with Gasteiger partial charge in [0.15, 0.2) is 0 Å². The van der Waals surface area contributed by atoms with E-state index in [1.54, 1.807) is 43.1 Å². The van der Waals surface area contributed by atoms with Gasteiger partial charge in [-0.05, 0) is 48.9 Å². The van der Waals surface area contributed by atoms with Gasteiger partial charge < -0.3 is 15.0 Å². The van der Waals surface area contributed by atoms with Crippen LogP contribution in [0.15, 0.2) is 48.5 Å². The first-order chi connectivity index (χ1) is 15.7. The van der Waals surface area contributed by atoms with Crippen molar-refractivity contribution in [3.63, 3.8) is 0 Å². The van der Waals surface area contributed by atoms with Gasteiger partial charge in [0.1, 0.15) is 10.9 Å². The van der Waals surface area contributed by atoms with Crippen LogP contribution in [0.25, 0.3) is 6.08 Å². The van der Waals surface area contributed by atoms with Gasteiger partial charge in [-0.2, -0.15) is 5.10 Å². The quantitative estimate of drug-likeness (QED) is 0.481. The van der Waals surface area contributed by atoms with Gasteiger partial charge in [0.2, 0.25) is 5.91 Å². The molecule has 3 rings (SSSR count). The molecule has 0 unspecified atom stereocenters. The summed E-state index contributed by atoms with van der Waals surface area (Å²) in [5.41, 5.74) is 3.15. The van der Waals surface area contributed by atoms with Crippen molar-refractivity contribution in [3.8, 4) is 5.75 Å². The number of nitrogens with one attached hydrogen (secondary N) is 1. The highest BCUT2D eigenvalue weighted by Crippen LogP contribution is 2.27. The van der Waals surface area contributed by atoms with E-state index in [2.05, 4.69) is 10.4 Å². The van der Waals surface area contributed by atoms with Crippen LogP contribution in [0, 0.1) is 6.92 Å². The molecule has 1 heterocycles. The van der Waals surface area contributed by atoms with E-state index in [0.29, 0.717) is 45.0 Å². The molecule has 33 heavy (non-hydrogen) atoms. The number of hydrogen-bond donors (Lipinski definition) is 1. The maximum absolute atomic E-state index is 12.6. The molecule has 0 saturated heterocycles. The summed E-state index contributed by atoms with van der Waals surface area (Å²) in [6.07, 6.45) is 2.97. The Hall–Kier alpha value is -3.29. The summed E-state index contributed by atoms with van der Waals surface area (Å²) in [4.78, 5) is 26.3. The van der Waals surface area contributed by atoms with Crippen molar-refractivity contribution in [2.75, 3.05) is 26.5 Å². The zero-order chi connectivity index (χ0) is 24.1. The Morgan fingerprint density at radius 2 is 1.85 bits per heavy atom. The molecule has 0 fully saturated rings. The molecule has 172 valence electrons. The lowest BCUT2D eigenvalue weighted by molar-refractivity contribution is -0.111. The number of anilines is 1. The number of amides is 2. The molecule has 1 aromatic heterocycles. The van der Waals surface area contributed by atoms with E-state index in [9.17, 15) is 9.59 Å². The molecule has 0 radical (unpaired) electrons. The highest BCUT2D eigenvalue weighted by atomic mass is 35.5. The van der Waals surface area contributed by atoms with Crippen molar-refractivity contribution >= 4 is 46.8 Å².